The fraction of sp³-hybridized carbons (Fsp3) is 0.615. The third kappa shape index (κ3) is 3.25. The molecule has 1 aliphatic rings. The zero-order chi connectivity index (χ0) is 12.1. The number of hydrogen-bond donors (Lipinski definition) is 0. The Kier molecular flexibility index (Phi) is 4.07. The molecule has 0 spiro atoms. The molecular formula is C13H19N3O. The first-order valence-electron chi connectivity index (χ1n) is 6.35. The van der Waals surface area contributed by atoms with Crippen LogP contribution in [0.15, 0.2) is 12.4 Å². The zero-order valence-corrected chi connectivity index (χ0v) is 10.4. The van der Waals surface area contributed by atoms with Crippen molar-refractivity contribution in [3.8, 4) is 0 Å². The molecular weight excluding hydrogens is 214 g/mol. The van der Waals surface area contributed by atoms with Gasteiger partial charge in [0.05, 0.1) is 11.9 Å². The van der Waals surface area contributed by atoms with E-state index in [2.05, 4.69) is 9.97 Å². The van der Waals surface area contributed by atoms with Crippen LogP contribution in [0.2, 0.25) is 0 Å². The van der Waals surface area contributed by atoms with Crippen molar-refractivity contribution in [2.75, 3.05) is 13.1 Å². The Labute approximate surface area is 102 Å². The fourth-order valence-electron chi connectivity index (χ4n) is 2.12. The molecule has 1 aromatic heterocycles. The molecule has 0 saturated carbocycles. The van der Waals surface area contributed by atoms with Gasteiger partial charge in [-0.1, -0.05) is 19.3 Å². The predicted molar refractivity (Wildman–Crippen MR) is 65.8 cm³/mol. The minimum absolute atomic E-state index is 0.0272. The van der Waals surface area contributed by atoms with Gasteiger partial charge in [-0.3, -0.25) is 9.78 Å². The van der Waals surface area contributed by atoms with Crippen molar-refractivity contribution in [1.82, 2.24) is 14.9 Å². The van der Waals surface area contributed by atoms with Gasteiger partial charge in [-0.2, -0.15) is 0 Å². The maximum atomic E-state index is 12.2. The van der Waals surface area contributed by atoms with Crippen molar-refractivity contribution in [3.05, 3.63) is 23.8 Å². The SMILES string of the molecule is Cc1cnc(C(=O)N2CCCCCCC2)cn1. The lowest BCUT2D eigenvalue weighted by Gasteiger charge is -2.24. The second-order valence-corrected chi connectivity index (χ2v) is 4.60. The highest BCUT2D eigenvalue weighted by Gasteiger charge is 2.17. The van der Waals surface area contributed by atoms with E-state index in [9.17, 15) is 4.79 Å². The highest BCUT2D eigenvalue weighted by atomic mass is 16.2. The average Bonchev–Trinajstić information content (AvgIpc) is 2.29. The number of nitrogens with zero attached hydrogens (tertiary/aromatic N) is 3. The van der Waals surface area contributed by atoms with E-state index >= 15 is 0 Å². The predicted octanol–water partition coefficient (Wildman–Crippen LogP) is 2.19. The Morgan fingerprint density at radius 2 is 1.71 bits per heavy atom. The van der Waals surface area contributed by atoms with Crippen LogP contribution in [0.25, 0.3) is 0 Å². The molecule has 2 rings (SSSR count). The molecule has 0 radical (unpaired) electrons. The third-order valence-electron chi connectivity index (χ3n) is 3.14. The summed E-state index contributed by atoms with van der Waals surface area (Å²) in [5.74, 6) is 0.0272. The zero-order valence-electron chi connectivity index (χ0n) is 10.4. The smallest absolute Gasteiger partial charge is 0.274 e. The molecule has 17 heavy (non-hydrogen) atoms. The molecule has 0 unspecified atom stereocenters. The van der Waals surface area contributed by atoms with Crippen LogP contribution in [0.5, 0.6) is 0 Å². The number of aryl methyl sites for hydroxylation is 1. The summed E-state index contributed by atoms with van der Waals surface area (Å²) >= 11 is 0. The second kappa shape index (κ2) is 5.75. The van der Waals surface area contributed by atoms with Gasteiger partial charge in [-0.15, -0.1) is 0 Å². The highest BCUT2D eigenvalue weighted by molar-refractivity contribution is 5.91. The molecule has 1 saturated heterocycles. The molecule has 0 aromatic carbocycles. The van der Waals surface area contributed by atoms with E-state index in [-0.39, 0.29) is 5.91 Å². The number of carbonyl (C=O) groups excluding carboxylic acids is 1. The van der Waals surface area contributed by atoms with E-state index in [0.29, 0.717) is 5.69 Å². The number of likely N-dealkylation sites (tertiary alicyclic amines) is 1. The summed E-state index contributed by atoms with van der Waals surface area (Å²) in [4.78, 5) is 22.4. The molecule has 2 heterocycles. The average molecular weight is 233 g/mol. The molecule has 4 heteroatoms. The number of aromatic nitrogens is 2. The van der Waals surface area contributed by atoms with Crippen LogP contribution in [0.4, 0.5) is 0 Å². The summed E-state index contributed by atoms with van der Waals surface area (Å²) in [6.45, 7) is 3.58. The number of carbonyl (C=O) groups is 1. The first-order valence-corrected chi connectivity index (χ1v) is 6.35. The van der Waals surface area contributed by atoms with Gasteiger partial charge in [0.15, 0.2) is 0 Å². The van der Waals surface area contributed by atoms with Crippen LogP contribution >= 0.6 is 0 Å². The van der Waals surface area contributed by atoms with Gasteiger partial charge in [0.1, 0.15) is 5.69 Å². The van der Waals surface area contributed by atoms with Crippen LogP contribution < -0.4 is 0 Å². The normalized spacial score (nSPS) is 17.4. The van der Waals surface area contributed by atoms with Crippen molar-refractivity contribution in [3.63, 3.8) is 0 Å². The van der Waals surface area contributed by atoms with Crippen molar-refractivity contribution in [2.45, 2.75) is 39.0 Å². The first-order chi connectivity index (χ1) is 8.27. The second-order valence-electron chi connectivity index (χ2n) is 4.60. The summed E-state index contributed by atoms with van der Waals surface area (Å²) in [6, 6.07) is 0. The summed E-state index contributed by atoms with van der Waals surface area (Å²) in [7, 11) is 0. The highest BCUT2D eigenvalue weighted by Crippen LogP contribution is 2.12. The van der Waals surface area contributed by atoms with E-state index in [4.69, 9.17) is 0 Å². The maximum Gasteiger partial charge on any atom is 0.274 e. The van der Waals surface area contributed by atoms with Crippen LogP contribution in [-0.2, 0) is 0 Å². The number of hydrogen-bond acceptors (Lipinski definition) is 3. The molecule has 92 valence electrons. The molecule has 1 aliphatic heterocycles. The van der Waals surface area contributed by atoms with Gasteiger partial charge in [-0.05, 0) is 19.8 Å². The van der Waals surface area contributed by atoms with Crippen LogP contribution in [-0.4, -0.2) is 33.9 Å². The lowest BCUT2D eigenvalue weighted by molar-refractivity contribution is 0.0736. The van der Waals surface area contributed by atoms with E-state index in [0.717, 1.165) is 31.6 Å². The Morgan fingerprint density at radius 1 is 1.06 bits per heavy atom. The van der Waals surface area contributed by atoms with Crippen molar-refractivity contribution in [1.29, 1.82) is 0 Å². The van der Waals surface area contributed by atoms with Crippen molar-refractivity contribution < 1.29 is 4.79 Å². The quantitative estimate of drug-likeness (QED) is 0.747. The standard InChI is InChI=1S/C13H19N3O/c1-11-9-15-12(10-14-11)13(17)16-7-5-3-2-4-6-8-16/h9-10H,2-8H2,1H3. The topological polar surface area (TPSA) is 46.1 Å². The molecule has 0 atom stereocenters. The molecule has 4 nitrogen and oxygen atoms in total. The molecule has 0 bridgehead atoms. The Hall–Kier alpha value is -1.45. The van der Waals surface area contributed by atoms with Gasteiger partial charge in [0.25, 0.3) is 5.91 Å². The van der Waals surface area contributed by atoms with Gasteiger partial charge >= 0.3 is 0 Å². The molecule has 1 fully saturated rings. The molecule has 1 aromatic rings. The Bertz CT molecular complexity index is 367. The summed E-state index contributed by atoms with van der Waals surface area (Å²) in [5, 5.41) is 0. The van der Waals surface area contributed by atoms with E-state index in [1.165, 1.54) is 19.3 Å². The van der Waals surface area contributed by atoms with Crippen LogP contribution in [0.3, 0.4) is 0 Å². The van der Waals surface area contributed by atoms with Crippen LogP contribution in [0, 0.1) is 6.92 Å². The van der Waals surface area contributed by atoms with E-state index in [1.54, 1.807) is 12.4 Å². The Morgan fingerprint density at radius 3 is 2.29 bits per heavy atom. The van der Waals surface area contributed by atoms with Crippen molar-refractivity contribution >= 4 is 5.91 Å². The number of amides is 1. The first kappa shape index (κ1) is 12.0. The molecule has 0 N–H and O–H groups in total. The van der Waals surface area contributed by atoms with E-state index < -0.39 is 0 Å². The summed E-state index contributed by atoms with van der Waals surface area (Å²) in [6.07, 6.45) is 9.18. The molecule has 1 amide bonds. The lowest BCUT2D eigenvalue weighted by atomic mass is 10.1. The van der Waals surface area contributed by atoms with E-state index in [1.807, 2.05) is 11.8 Å². The van der Waals surface area contributed by atoms with Crippen LogP contribution in [0.1, 0.15) is 48.3 Å². The van der Waals surface area contributed by atoms with Gasteiger partial charge < -0.3 is 4.90 Å². The van der Waals surface area contributed by atoms with Crippen molar-refractivity contribution in [2.24, 2.45) is 0 Å². The summed E-state index contributed by atoms with van der Waals surface area (Å²) < 4.78 is 0. The fourth-order valence-corrected chi connectivity index (χ4v) is 2.12. The monoisotopic (exact) mass is 233 g/mol. The minimum Gasteiger partial charge on any atom is -0.337 e. The minimum atomic E-state index is 0.0272. The third-order valence-corrected chi connectivity index (χ3v) is 3.14. The maximum absolute atomic E-state index is 12.2. The van der Waals surface area contributed by atoms with Gasteiger partial charge in [-0.25, -0.2) is 4.98 Å². The van der Waals surface area contributed by atoms with Gasteiger partial charge in [0.2, 0.25) is 0 Å². The summed E-state index contributed by atoms with van der Waals surface area (Å²) in [5.41, 5.74) is 1.31. The molecule has 0 aliphatic carbocycles. The number of rotatable bonds is 1. The Balaban J connectivity index is 2.04. The largest absolute Gasteiger partial charge is 0.337 e. The lowest BCUT2D eigenvalue weighted by Crippen LogP contribution is -2.34. The van der Waals surface area contributed by atoms with Gasteiger partial charge in [0, 0.05) is 19.3 Å².